The zero-order chi connectivity index (χ0) is 19.4. The van der Waals surface area contributed by atoms with Crippen molar-refractivity contribution in [2.45, 2.75) is 52.0 Å². The molecule has 0 spiro atoms. The number of anilines is 1. The SMILES string of the molecule is CC(C)C[C@@H](NC(=O)c1ccc(N2CCCC2)c(OCC2CC2)n1)C(=O)O. The molecular weight excluding hydrogens is 346 g/mol. The molecule has 0 unspecified atom stereocenters. The van der Waals surface area contributed by atoms with Crippen molar-refractivity contribution >= 4 is 17.6 Å². The highest BCUT2D eigenvalue weighted by atomic mass is 16.5. The molecular formula is C20H29N3O4. The molecule has 0 bridgehead atoms. The van der Waals surface area contributed by atoms with Gasteiger partial charge >= 0.3 is 5.97 Å². The van der Waals surface area contributed by atoms with Crippen LogP contribution in [0.4, 0.5) is 5.69 Å². The second-order valence-corrected chi connectivity index (χ2v) is 7.96. The summed E-state index contributed by atoms with van der Waals surface area (Å²) in [5, 5.41) is 11.9. The van der Waals surface area contributed by atoms with Gasteiger partial charge in [-0.25, -0.2) is 9.78 Å². The maximum atomic E-state index is 12.6. The van der Waals surface area contributed by atoms with Crippen molar-refractivity contribution in [2.75, 3.05) is 24.6 Å². The van der Waals surface area contributed by atoms with Gasteiger partial charge in [0.05, 0.1) is 12.3 Å². The zero-order valence-corrected chi connectivity index (χ0v) is 16.1. The number of aromatic nitrogens is 1. The third-order valence-corrected chi connectivity index (χ3v) is 4.98. The van der Waals surface area contributed by atoms with Gasteiger partial charge in [-0.05, 0) is 56.1 Å². The van der Waals surface area contributed by atoms with Gasteiger partial charge in [-0.15, -0.1) is 0 Å². The summed E-state index contributed by atoms with van der Waals surface area (Å²) < 4.78 is 5.93. The number of pyridine rings is 1. The predicted octanol–water partition coefficient (Wildman–Crippen LogP) is 2.70. The van der Waals surface area contributed by atoms with Crippen LogP contribution in [0.1, 0.15) is 56.4 Å². The molecule has 1 atom stereocenters. The fourth-order valence-corrected chi connectivity index (χ4v) is 3.27. The molecule has 3 rings (SSSR count). The van der Waals surface area contributed by atoms with Crippen molar-refractivity contribution in [3.8, 4) is 5.88 Å². The number of hydrogen-bond acceptors (Lipinski definition) is 5. The number of rotatable bonds is 9. The van der Waals surface area contributed by atoms with Crippen LogP contribution >= 0.6 is 0 Å². The minimum atomic E-state index is -1.03. The molecule has 0 aromatic carbocycles. The molecule has 1 aromatic heterocycles. The van der Waals surface area contributed by atoms with Gasteiger partial charge < -0.3 is 20.1 Å². The van der Waals surface area contributed by atoms with E-state index >= 15 is 0 Å². The maximum absolute atomic E-state index is 12.6. The average molecular weight is 375 g/mol. The number of amides is 1. The van der Waals surface area contributed by atoms with Crippen LogP contribution in [0.5, 0.6) is 5.88 Å². The lowest BCUT2D eigenvalue weighted by atomic mass is 10.0. The van der Waals surface area contributed by atoms with E-state index in [9.17, 15) is 14.7 Å². The zero-order valence-electron chi connectivity index (χ0n) is 16.1. The van der Waals surface area contributed by atoms with E-state index in [4.69, 9.17) is 4.74 Å². The molecule has 7 nitrogen and oxygen atoms in total. The molecule has 27 heavy (non-hydrogen) atoms. The Hall–Kier alpha value is -2.31. The van der Waals surface area contributed by atoms with Crippen molar-refractivity contribution in [1.29, 1.82) is 0 Å². The number of carboxylic acids is 1. The fourth-order valence-electron chi connectivity index (χ4n) is 3.27. The minimum Gasteiger partial charge on any atom is -0.480 e. The second-order valence-electron chi connectivity index (χ2n) is 7.96. The number of ether oxygens (including phenoxy) is 1. The van der Waals surface area contributed by atoms with Gasteiger partial charge in [0.15, 0.2) is 0 Å². The van der Waals surface area contributed by atoms with Crippen LogP contribution < -0.4 is 15.0 Å². The number of carbonyl (C=O) groups excluding carboxylic acids is 1. The standard InChI is InChI=1S/C20H29N3O4/c1-13(2)11-16(20(25)26)21-18(24)15-7-8-17(23-9-3-4-10-23)19(22-15)27-12-14-5-6-14/h7-8,13-14,16H,3-6,9-12H2,1-2H3,(H,21,24)(H,25,26)/t16-/m1/s1. The Morgan fingerprint density at radius 3 is 2.59 bits per heavy atom. The number of nitrogens with zero attached hydrogens (tertiary/aromatic N) is 2. The molecule has 2 fully saturated rings. The van der Waals surface area contributed by atoms with Crippen molar-refractivity contribution in [3.05, 3.63) is 17.8 Å². The number of carboxylic acid groups (broad SMARTS) is 1. The summed E-state index contributed by atoms with van der Waals surface area (Å²) >= 11 is 0. The highest BCUT2D eigenvalue weighted by Crippen LogP contribution is 2.33. The number of aliphatic carboxylic acids is 1. The third kappa shape index (κ3) is 5.34. The number of nitrogens with one attached hydrogen (secondary N) is 1. The summed E-state index contributed by atoms with van der Waals surface area (Å²) in [5.74, 6) is -0.289. The van der Waals surface area contributed by atoms with Gasteiger partial charge in [0, 0.05) is 13.1 Å². The van der Waals surface area contributed by atoms with E-state index < -0.39 is 17.9 Å². The van der Waals surface area contributed by atoms with E-state index in [1.807, 2.05) is 19.9 Å². The molecule has 148 valence electrons. The van der Waals surface area contributed by atoms with Gasteiger partial charge in [-0.1, -0.05) is 13.8 Å². The Morgan fingerprint density at radius 1 is 1.30 bits per heavy atom. The quantitative estimate of drug-likeness (QED) is 0.689. The van der Waals surface area contributed by atoms with E-state index in [-0.39, 0.29) is 11.6 Å². The average Bonchev–Trinajstić information content (AvgIpc) is 3.30. The van der Waals surface area contributed by atoms with Crippen molar-refractivity contribution < 1.29 is 19.4 Å². The molecule has 1 aliphatic carbocycles. The highest BCUT2D eigenvalue weighted by Gasteiger charge is 2.26. The molecule has 1 amide bonds. The van der Waals surface area contributed by atoms with Crippen molar-refractivity contribution in [1.82, 2.24) is 10.3 Å². The number of carbonyl (C=O) groups is 2. The summed E-state index contributed by atoms with van der Waals surface area (Å²) in [6, 6.07) is 2.60. The Labute approximate surface area is 160 Å². The summed E-state index contributed by atoms with van der Waals surface area (Å²) in [5.41, 5.74) is 1.11. The predicted molar refractivity (Wildman–Crippen MR) is 102 cm³/mol. The Bertz CT molecular complexity index is 682. The first kappa shape index (κ1) is 19.5. The first-order chi connectivity index (χ1) is 12.9. The molecule has 1 aromatic rings. The number of hydrogen-bond donors (Lipinski definition) is 2. The Balaban J connectivity index is 1.76. The van der Waals surface area contributed by atoms with E-state index in [0.29, 0.717) is 24.8 Å². The van der Waals surface area contributed by atoms with Gasteiger partial charge in [0.25, 0.3) is 5.91 Å². The van der Waals surface area contributed by atoms with Crippen molar-refractivity contribution in [3.63, 3.8) is 0 Å². The van der Waals surface area contributed by atoms with Crippen LogP contribution in [-0.4, -0.2) is 47.7 Å². The van der Waals surface area contributed by atoms with E-state index in [0.717, 1.165) is 31.6 Å². The lowest BCUT2D eigenvalue weighted by Gasteiger charge is -2.21. The summed E-state index contributed by atoms with van der Waals surface area (Å²) in [6.45, 7) is 6.39. The molecule has 0 radical (unpaired) electrons. The molecule has 2 aliphatic rings. The lowest BCUT2D eigenvalue weighted by molar-refractivity contribution is -0.139. The smallest absolute Gasteiger partial charge is 0.326 e. The topological polar surface area (TPSA) is 91.8 Å². The van der Waals surface area contributed by atoms with E-state index in [1.165, 1.54) is 12.8 Å². The molecule has 1 saturated heterocycles. The first-order valence-corrected chi connectivity index (χ1v) is 9.86. The van der Waals surface area contributed by atoms with Crippen LogP contribution in [-0.2, 0) is 4.79 Å². The van der Waals surface area contributed by atoms with E-state index in [1.54, 1.807) is 6.07 Å². The van der Waals surface area contributed by atoms with Crippen LogP contribution in [0.3, 0.4) is 0 Å². The molecule has 7 heteroatoms. The Kier molecular flexibility index (Phi) is 6.19. The van der Waals surface area contributed by atoms with Gasteiger partial charge in [0.2, 0.25) is 5.88 Å². The molecule has 2 N–H and O–H groups in total. The molecule has 1 aliphatic heterocycles. The van der Waals surface area contributed by atoms with Gasteiger partial charge in [-0.2, -0.15) is 0 Å². The summed E-state index contributed by atoms with van der Waals surface area (Å²) in [6.07, 6.45) is 5.00. The van der Waals surface area contributed by atoms with Crippen LogP contribution in [0, 0.1) is 11.8 Å². The monoisotopic (exact) mass is 375 g/mol. The van der Waals surface area contributed by atoms with Crippen LogP contribution in [0.2, 0.25) is 0 Å². The van der Waals surface area contributed by atoms with Gasteiger partial charge in [0.1, 0.15) is 11.7 Å². The van der Waals surface area contributed by atoms with E-state index in [2.05, 4.69) is 15.2 Å². The van der Waals surface area contributed by atoms with Gasteiger partial charge in [-0.3, -0.25) is 4.79 Å². The largest absolute Gasteiger partial charge is 0.480 e. The summed E-state index contributed by atoms with van der Waals surface area (Å²) in [4.78, 5) is 30.7. The Morgan fingerprint density at radius 2 is 2.00 bits per heavy atom. The van der Waals surface area contributed by atoms with Crippen LogP contribution in [0.15, 0.2) is 12.1 Å². The molecule has 2 heterocycles. The second kappa shape index (κ2) is 8.59. The van der Waals surface area contributed by atoms with Crippen molar-refractivity contribution in [2.24, 2.45) is 11.8 Å². The minimum absolute atomic E-state index is 0.161. The third-order valence-electron chi connectivity index (χ3n) is 4.98. The van der Waals surface area contributed by atoms with Crippen LogP contribution in [0.25, 0.3) is 0 Å². The highest BCUT2D eigenvalue weighted by molar-refractivity contribution is 5.95. The first-order valence-electron chi connectivity index (χ1n) is 9.86. The fraction of sp³-hybridized carbons (Fsp3) is 0.650. The molecule has 1 saturated carbocycles. The maximum Gasteiger partial charge on any atom is 0.326 e. The lowest BCUT2D eigenvalue weighted by Crippen LogP contribution is -2.42. The normalized spacial score (nSPS) is 17.8. The summed E-state index contributed by atoms with van der Waals surface area (Å²) in [7, 11) is 0.